The number of alkyl halides is 2. The topological polar surface area (TPSA) is 41.6 Å². The summed E-state index contributed by atoms with van der Waals surface area (Å²) >= 11 is 0. The molecule has 1 unspecified atom stereocenters. The van der Waals surface area contributed by atoms with Crippen LogP contribution in [0, 0.1) is 0 Å². The number of carbonyl (C=O) groups is 1. The molecule has 18 heavy (non-hydrogen) atoms. The molecular formula is C12H20F2N2O2. The molecule has 3 atom stereocenters. The lowest BCUT2D eigenvalue weighted by Crippen LogP contribution is -2.43. The summed E-state index contributed by atoms with van der Waals surface area (Å²) in [4.78, 5) is 13.1. The van der Waals surface area contributed by atoms with Crippen LogP contribution in [0.1, 0.15) is 34.1 Å². The van der Waals surface area contributed by atoms with Gasteiger partial charge in [-0.3, -0.25) is 4.90 Å². The first-order valence-electron chi connectivity index (χ1n) is 6.24. The van der Waals surface area contributed by atoms with Crippen molar-refractivity contribution in [2.75, 3.05) is 6.54 Å². The molecule has 0 radical (unpaired) electrons. The van der Waals surface area contributed by atoms with E-state index in [1.165, 1.54) is 4.90 Å². The molecular weight excluding hydrogens is 242 g/mol. The first-order chi connectivity index (χ1) is 8.10. The Morgan fingerprint density at radius 2 is 2.06 bits per heavy atom. The van der Waals surface area contributed by atoms with E-state index >= 15 is 0 Å². The first kappa shape index (κ1) is 13.5. The summed E-state index contributed by atoms with van der Waals surface area (Å²) in [6.45, 7) is 6.48. The Morgan fingerprint density at radius 1 is 1.44 bits per heavy atom. The average Bonchev–Trinajstić information content (AvgIpc) is 2.62. The van der Waals surface area contributed by atoms with Gasteiger partial charge in [0, 0.05) is 6.04 Å². The molecule has 0 spiro atoms. The fraction of sp³-hybridized carbons (Fsp3) is 0.917. The van der Waals surface area contributed by atoms with Crippen molar-refractivity contribution < 1.29 is 18.3 Å². The van der Waals surface area contributed by atoms with Crippen molar-refractivity contribution in [2.24, 2.45) is 0 Å². The second-order valence-electron chi connectivity index (χ2n) is 6.22. The van der Waals surface area contributed by atoms with Gasteiger partial charge >= 0.3 is 6.09 Å². The molecule has 1 amide bonds. The monoisotopic (exact) mass is 262 g/mol. The number of ether oxygens (including phenoxy) is 1. The number of nitrogens with one attached hydrogen (secondary N) is 1. The van der Waals surface area contributed by atoms with Crippen LogP contribution >= 0.6 is 0 Å². The maximum atomic E-state index is 13.8. The maximum Gasteiger partial charge on any atom is 0.410 e. The Hall–Kier alpha value is -0.910. The smallest absolute Gasteiger partial charge is 0.410 e. The maximum absolute atomic E-state index is 13.8. The third kappa shape index (κ3) is 2.43. The van der Waals surface area contributed by atoms with Gasteiger partial charge in [-0.05, 0) is 34.1 Å². The molecule has 2 aliphatic heterocycles. The fourth-order valence-electron chi connectivity index (χ4n) is 2.66. The van der Waals surface area contributed by atoms with Gasteiger partial charge in [-0.15, -0.1) is 0 Å². The van der Waals surface area contributed by atoms with E-state index in [1.807, 2.05) is 6.92 Å². The van der Waals surface area contributed by atoms with Gasteiger partial charge in [0.1, 0.15) is 5.60 Å². The van der Waals surface area contributed by atoms with Crippen LogP contribution in [0.5, 0.6) is 0 Å². The minimum absolute atomic E-state index is 0.00360. The van der Waals surface area contributed by atoms with Crippen molar-refractivity contribution in [3.8, 4) is 0 Å². The zero-order chi connectivity index (χ0) is 13.7. The van der Waals surface area contributed by atoms with Crippen LogP contribution < -0.4 is 5.32 Å². The summed E-state index contributed by atoms with van der Waals surface area (Å²) < 4.78 is 32.8. The van der Waals surface area contributed by atoms with Gasteiger partial charge in [-0.25, -0.2) is 13.6 Å². The second kappa shape index (κ2) is 4.05. The fourth-order valence-corrected chi connectivity index (χ4v) is 2.66. The van der Waals surface area contributed by atoms with Gasteiger partial charge in [0.25, 0.3) is 5.92 Å². The normalized spacial score (nSPS) is 34.6. The lowest BCUT2D eigenvalue weighted by molar-refractivity contribution is -0.0171. The van der Waals surface area contributed by atoms with Crippen LogP contribution in [0.3, 0.4) is 0 Å². The molecule has 1 N–H and O–H groups in total. The largest absolute Gasteiger partial charge is 0.444 e. The molecule has 0 aliphatic carbocycles. The molecule has 2 rings (SSSR count). The number of fused-ring (bicyclic) bond motifs is 1. The van der Waals surface area contributed by atoms with Crippen molar-refractivity contribution in [3.05, 3.63) is 0 Å². The van der Waals surface area contributed by atoms with E-state index in [0.29, 0.717) is 6.42 Å². The molecule has 0 aromatic heterocycles. The lowest BCUT2D eigenvalue weighted by Gasteiger charge is -2.27. The highest BCUT2D eigenvalue weighted by atomic mass is 19.3. The lowest BCUT2D eigenvalue weighted by atomic mass is 10.1. The molecule has 2 saturated heterocycles. The summed E-state index contributed by atoms with van der Waals surface area (Å²) in [6.07, 6.45) is -0.106. The third-order valence-electron chi connectivity index (χ3n) is 3.31. The van der Waals surface area contributed by atoms with Gasteiger partial charge in [-0.2, -0.15) is 0 Å². The van der Waals surface area contributed by atoms with Gasteiger partial charge in [0.15, 0.2) is 0 Å². The van der Waals surface area contributed by atoms with Crippen molar-refractivity contribution in [1.29, 1.82) is 0 Å². The molecule has 0 aromatic rings. The number of halogens is 2. The summed E-state index contributed by atoms with van der Waals surface area (Å²) in [7, 11) is 0. The average molecular weight is 262 g/mol. The van der Waals surface area contributed by atoms with E-state index in [0.717, 1.165) is 0 Å². The molecule has 2 aliphatic rings. The van der Waals surface area contributed by atoms with Gasteiger partial charge in [-0.1, -0.05) is 0 Å². The number of carbonyl (C=O) groups excluding carboxylic acids is 1. The Labute approximate surface area is 106 Å². The number of likely N-dealkylation sites (tertiary alicyclic amines) is 1. The Bertz CT molecular complexity index is 354. The number of nitrogens with zero attached hydrogens (tertiary/aromatic N) is 1. The van der Waals surface area contributed by atoms with Crippen molar-refractivity contribution in [2.45, 2.75) is 63.8 Å². The van der Waals surface area contributed by atoms with Crippen molar-refractivity contribution >= 4 is 6.09 Å². The van der Waals surface area contributed by atoms with Gasteiger partial charge in [0.2, 0.25) is 0 Å². The highest BCUT2D eigenvalue weighted by Crippen LogP contribution is 2.39. The molecule has 0 aromatic carbocycles. The Kier molecular flexibility index (Phi) is 3.04. The minimum atomic E-state index is -2.88. The molecule has 2 heterocycles. The Balaban J connectivity index is 2.13. The first-order valence-corrected chi connectivity index (χ1v) is 6.24. The SMILES string of the molecule is CC1C[C@@H]2[C@H](N1)C(F)(F)CN2C(=O)OC(C)(C)C. The quantitative estimate of drug-likeness (QED) is 0.726. The van der Waals surface area contributed by atoms with Crippen molar-refractivity contribution in [3.63, 3.8) is 0 Å². The van der Waals surface area contributed by atoms with Crippen LogP contribution in [-0.4, -0.2) is 47.2 Å². The summed E-state index contributed by atoms with van der Waals surface area (Å²) in [5, 5.41) is 2.85. The predicted octanol–water partition coefficient (Wildman–Crippen LogP) is 1.99. The van der Waals surface area contributed by atoms with Gasteiger partial charge < -0.3 is 10.1 Å². The van der Waals surface area contributed by atoms with Gasteiger partial charge in [0.05, 0.1) is 18.6 Å². The van der Waals surface area contributed by atoms with Crippen LogP contribution in [0.2, 0.25) is 0 Å². The Morgan fingerprint density at radius 3 is 2.61 bits per heavy atom. The standard InChI is InChI=1S/C12H20F2N2O2/c1-7-5-8-9(15-7)12(13,14)6-16(8)10(17)18-11(2,3)4/h7-9,15H,5-6H2,1-4H3/t7?,8-,9+/m1/s1. The number of rotatable bonds is 0. The van der Waals surface area contributed by atoms with E-state index < -0.39 is 36.2 Å². The van der Waals surface area contributed by atoms with E-state index in [4.69, 9.17) is 4.74 Å². The summed E-state index contributed by atoms with van der Waals surface area (Å²) in [5.41, 5.74) is -0.665. The molecule has 2 fully saturated rings. The van der Waals surface area contributed by atoms with Crippen LogP contribution in [0.15, 0.2) is 0 Å². The third-order valence-corrected chi connectivity index (χ3v) is 3.31. The molecule has 0 saturated carbocycles. The molecule has 6 heteroatoms. The van der Waals surface area contributed by atoms with Crippen LogP contribution in [0.25, 0.3) is 0 Å². The number of hydrogen-bond donors (Lipinski definition) is 1. The van der Waals surface area contributed by atoms with Crippen LogP contribution in [0.4, 0.5) is 13.6 Å². The second-order valence-corrected chi connectivity index (χ2v) is 6.22. The predicted molar refractivity (Wildman–Crippen MR) is 62.7 cm³/mol. The minimum Gasteiger partial charge on any atom is -0.444 e. The molecule has 104 valence electrons. The van der Waals surface area contributed by atoms with Crippen LogP contribution in [-0.2, 0) is 4.74 Å². The zero-order valence-corrected chi connectivity index (χ0v) is 11.2. The molecule has 4 nitrogen and oxygen atoms in total. The number of amides is 1. The highest BCUT2D eigenvalue weighted by Gasteiger charge is 2.59. The molecule has 0 bridgehead atoms. The number of hydrogen-bond acceptors (Lipinski definition) is 3. The van der Waals surface area contributed by atoms with E-state index in [9.17, 15) is 13.6 Å². The van der Waals surface area contributed by atoms with E-state index in [-0.39, 0.29) is 6.04 Å². The van der Waals surface area contributed by atoms with E-state index in [2.05, 4.69) is 5.32 Å². The zero-order valence-electron chi connectivity index (χ0n) is 11.2. The highest BCUT2D eigenvalue weighted by molar-refractivity contribution is 5.69. The summed E-state index contributed by atoms with van der Waals surface area (Å²) in [5.74, 6) is -2.88. The van der Waals surface area contributed by atoms with Crippen molar-refractivity contribution in [1.82, 2.24) is 10.2 Å². The van der Waals surface area contributed by atoms with E-state index in [1.54, 1.807) is 20.8 Å². The summed E-state index contributed by atoms with van der Waals surface area (Å²) in [6, 6.07) is -1.42.